The largest absolute Gasteiger partial charge is 0.491 e. The van der Waals surface area contributed by atoms with Crippen molar-refractivity contribution < 1.29 is 37.7 Å². The van der Waals surface area contributed by atoms with Crippen LogP contribution in [0, 0.1) is 0 Å². The number of urea groups is 1. The van der Waals surface area contributed by atoms with Gasteiger partial charge in [-0.3, -0.25) is 15.0 Å². The molecule has 0 aliphatic carbocycles. The standard InChI is InChI=1S/C27H27F3N6O5/c28-27(29,30)23(16-4-2-1-3-5-16)34-25(39)20-6-7-21-24(32-20)36(17-9-11-35(21)13-17)26(40)33-22-12-19(8-10-31-22)41-15-18(38)14-37/h1-8,10,12,17-18,23,37-38H,9,11,13-15H2,(H,34,39)(H,31,33,40)/t17?,18?,23-/m1/s1. The average Bonchev–Trinajstić information content (AvgIpc) is 3.38. The molecule has 2 bridgehead atoms. The van der Waals surface area contributed by atoms with E-state index in [0.29, 0.717) is 30.9 Å². The molecule has 14 heteroatoms. The zero-order valence-electron chi connectivity index (χ0n) is 21.6. The Balaban J connectivity index is 1.38. The number of anilines is 3. The number of rotatable bonds is 8. The molecule has 1 saturated heterocycles. The van der Waals surface area contributed by atoms with Crippen LogP contribution in [0.25, 0.3) is 0 Å². The lowest BCUT2D eigenvalue weighted by Gasteiger charge is -2.35. The second-order valence-corrected chi connectivity index (χ2v) is 9.61. The summed E-state index contributed by atoms with van der Waals surface area (Å²) in [6, 6.07) is 9.76. The quantitative estimate of drug-likeness (QED) is 0.323. The highest BCUT2D eigenvalue weighted by Gasteiger charge is 2.43. The molecule has 2 unspecified atom stereocenters. The molecule has 2 aliphatic heterocycles. The van der Waals surface area contributed by atoms with E-state index < -0.39 is 36.9 Å². The summed E-state index contributed by atoms with van der Waals surface area (Å²) in [4.78, 5) is 38.3. The zero-order chi connectivity index (χ0) is 29.1. The van der Waals surface area contributed by atoms with E-state index in [1.807, 2.05) is 10.2 Å². The molecule has 0 saturated carbocycles. The van der Waals surface area contributed by atoms with Gasteiger partial charge in [0.2, 0.25) is 0 Å². The van der Waals surface area contributed by atoms with Crippen LogP contribution >= 0.6 is 0 Å². The molecule has 3 amide bonds. The number of aliphatic hydroxyl groups excluding tert-OH is 2. The molecule has 2 aromatic heterocycles. The van der Waals surface area contributed by atoms with Crippen LogP contribution < -0.4 is 25.2 Å². The lowest BCUT2D eigenvalue weighted by Crippen LogP contribution is -2.48. The number of fused-ring (bicyclic) bond motifs is 4. The van der Waals surface area contributed by atoms with Crippen LogP contribution in [-0.2, 0) is 0 Å². The Bertz CT molecular complexity index is 1410. The van der Waals surface area contributed by atoms with E-state index in [0.717, 1.165) is 0 Å². The van der Waals surface area contributed by atoms with Gasteiger partial charge in [-0.1, -0.05) is 30.3 Å². The SMILES string of the molecule is O=C(N[C@H](c1ccccc1)C(F)(F)F)c1ccc2c(n1)N(C(=O)Nc1cc(OCC(O)CO)ccn1)C1CCN2C1. The summed E-state index contributed by atoms with van der Waals surface area (Å²) < 4.78 is 46.9. The molecule has 0 spiro atoms. The smallest absolute Gasteiger partial charge is 0.412 e. The Morgan fingerprint density at radius 2 is 1.93 bits per heavy atom. The molecule has 0 radical (unpaired) electrons. The number of hydrogen-bond donors (Lipinski definition) is 4. The van der Waals surface area contributed by atoms with Gasteiger partial charge in [0.05, 0.1) is 18.3 Å². The first-order chi connectivity index (χ1) is 19.6. The van der Waals surface area contributed by atoms with Gasteiger partial charge in [-0.2, -0.15) is 13.2 Å². The monoisotopic (exact) mass is 572 g/mol. The summed E-state index contributed by atoms with van der Waals surface area (Å²) in [6.45, 7) is 0.512. The lowest BCUT2D eigenvalue weighted by molar-refractivity contribution is -0.155. The maximum absolute atomic E-state index is 13.8. The fraction of sp³-hybridized carbons (Fsp3) is 0.333. The number of hydrogen-bond acceptors (Lipinski definition) is 8. The lowest BCUT2D eigenvalue weighted by atomic mass is 10.1. The molecule has 1 aromatic carbocycles. The van der Waals surface area contributed by atoms with Crippen LogP contribution in [-0.4, -0.2) is 76.7 Å². The highest BCUT2D eigenvalue weighted by Crippen LogP contribution is 2.39. The van der Waals surface area contributed by atoms with Gasteiger partial charge in [0.1, 0.15) is 30.0 Å². The molecule has 3 aromatic rings. The average molecular weight is 573 g/mol. The number of carbonyl (C=O) groups excluding carboxylic acids is 2. The van der Waals surface area contributed by atoms with E-state index in [2.05, 4.69) is 15.3 Å². The summed E-state index contributed by atoms with van der Waals surface area (Å²) in [6.07, 6.45) is -3.82. The van der Waals surface area contributed by atoms with E-state index in [-0.39, 0.29) is 35.5 Å². The Morgan fingerprint density at radius 3 is 2.66 bits per heavy atom. The number of aliphatic hydroxyl groups is 2. The molecular formula is C27H27F3N6O5. The Hall–Kier alpha value is -4.43. The number of pyridine rings is 2. The summed E-state index contributed by atoms with van der Waals surface area (Å²) in [7, 11) is 0. The van der Waals surface area contributed by atoms with Crippen molar-refractivity contribution >= 4 is 29.3 Å². The highest BCUT2D eigenvalue weighted by atomic mass is 19.4. The Kier molecular flexibility index (Phi) is 7.94. The van der Waals surface area contributed by atoms with Gasteiger partial charge < -0.3 is 25.2 Å². The molecule has 5 rings (SSSR count). The first kappa shape index (κ1) is 28.1. The second-order valence-electron chi connectivity index (χ2n) is 9.61. The van der Waals surface area contributed by atoms with E-state index in [4.69, 9.17) is 9.84 Å². The van der Waals surface area contributed by atoms with Gasteiger partial charge in [0.15, 0.2) is 11.9 Å². The molecule has 11 nitrogen and oxygen atoms in total. The molecular weight excluding hydrogens is 545 g/mol. The number of alkyl halides is 3. The van der Waals surface area contributed by atoms with Crippen LogP contribution in [0.5, 0.6) is 5.75 Å². The van der Waals surface area contributed by atoms with Gasteiger partial charge in [0, 0.05) is 25.4 Å². The number of benzene rings is 1. The number of ether oxygens (including phenoxy) is 1. The van der Waals surface area contributed by atoms with E-state index >= 15 is 0 Å². The summed E-state index contributed by atoms with van der Waals surface area (Å²) in [5.74, 6) is -0.462. The third-order valence-electron chi connectivity index (χ3n) is 6.76. The van der Waals surface area contributed by atoms with Gasteiger partial charge in [-0.25, -0.2) is 14.8 Å². The number of nitrogens with zero attached hydrogens (tertiary/aromatic N) is 4. The van der Waals surface area contributed by atoms with E-state index in [1.54, 1.807) is 12.1 Å². The number of halogens is 3. The van der Waals surface area contributed by atoms with Crippen molar-refractivity contribution in [2.75, 3.05) is 41.4 Å². The van der Waals surface area contributed by atoms with E-state index in [1.165, 1.54) is 53.6 Å². The molecule has 4 N–H and O–H groups in total. The van der Waals surface area contributed by atoms with Crippen LogP contribution in [0.15, 0.2) is 60.8 Å². The predicted octanol–water partition coefficient (Wildman–Crippen LogP) is 2.87. The minimum Gasteiger partial charge on any atom is -0.491 e. The normalized spacial score (nSPS) is 17.4. The van der Waals surface area contributed by atoms with Crippen LogP contribution in [0.2, 0.25) is 0 Å². The third-order valence-corrected chi connectivity index (χ3v) is 6.76. The highest BCUT2D eigenvalue weighted by molar-refractivity contribution is 6.05. The fourth-order valence-electron chi connectivity index (χ4n) is 4.79. The molecule has 1 fully saturated rings. The number of carbonyl (C=O) groups is 2. The van der Waals surface area contributed by atoms with Crippen LogP contribution in [0.1, 0.15) is 28.5 Å². The van der Waals surface area contributed by atoms with Crippen molar-refractivity contribution in [3.63, 3.8) is 0 Å². The minimum atomic E-state index is -4.75. The van der Waals surface area contributed by atoms with Gasteiger partial charge in [-0.15, -0.1) is 0 Å². The molecule has 3 atom stereocenters. The zero-order valence-corrected chi connectivity index (χ0v) is 21.6. The molecule has 2 aliphatic rings. The number of aromatic nitrogens is 2. The first-order valence-corrected chi connectivity index (χ1v) is 12.8. The first-order valence-electron chi connectivity index (χ1n) is 12.8. The third kappa shape index (κ3) is 6.18. The number of amides is 3. The van der Waals surface area contributed by atoms with Crippen molar-refractivity contribution in [1.29, 1.82) is 0 Å². The predicted molar refractivity (Wildman–Crippen MR) is 142 cm³/mol. The van der Waals surface area contributed by atoms with Crippen molar-refractivity contribution in [3.8, 4) is 5.75 Å². The molecule has 216 valence electrons. The van der Waals surface area contributed by atoms with E-state index in [9.17, 15) is 27.9 Å². The van der Waals surface area contributed by atoms with Crippen molar-refractivity contribution in [3.05, 3.63) is 72.1 Å². The van der Waals surface area contributed by atoms with Crippen molar-refractivity contribution in [2.45, 2.75) is 30.8 Å². The van der Waals surface area contributed by atoms with Gasteiger partial charge >= 0.3 is 12.2 Å². The Morgan fingerprint density at radius 1 is 1.15 bits per heavy atom. The topological polar surface area (TPSA) is 140 Å². The van der Waals surface area contributed by atoms with Gasteiger partial charge in [-0.05, 0) is 30.2 Å². The fourth-order valence-corrected chi connectivity index (χ4v) is 4.79. The molecule has 4 heterocycles. The molecule has 41 heavy (non-hydrogen) atoms. The van der Waals surface area contributed by atoms with Gasteiger partial charge in [0.25, 0.3) is 5.91 Å². The summed E-state index contributed by atoms with van der Waals surface area (Å²) in [5, 5.41) is 23.2. The second kappa shape index (κ2) is 11.6. The number of nitrogens with one attached hydrogen (secondary N) is 2. The van der Waals surface area contributed by atoms with Crippen LogP contribution in [0.3, 0.4) is 0 Å². The van der Waals surface area contributed by atoms with Crippen molar-refractivity contribution in [2.24, 2.45) is 0 Å². The van der Waals surface area contributed by atoms with Crippen LogP contribution in [0.4, 0.5) is 35.3 Å². The summed E-state index contributed by atoms with van der Waals surface area (Å²) in [5.41, 5.74) is 0.176. The Labute approximate surface area is 232 Å². The maximum atomic E-state index is 13.8. The minimum absolute atomic E-state index is 0.124. The maximum Gasteiger partial charge on any atom is 0.412 e. The van der Waals surface area contributed by atoms with Crippen molar-refractivity contribution in [1.82, 2.24) is 15.3 Å². The summed E-state index contributed by atoms with van der Waals surface area (Å²) >= 11 is 0.